The summed E-state index contributed by atoms with van der Waals surface area (Å²) in [4.78, 5) is 22.6. The molecule has 0 aromatic heterocycles. The van der Waals surface area contributed by atoms with Crippen LogP contribution in [0.25, 0.3) is 0 Å². The van der Waals surface area contributed by atoms with Crippen LogP contribution in [-0.2, 0) is 9.59 Å². The number of carbonyl (C=O) groups is 2. The van der Waals surface area contributed by atoms with Gasteiger partial charge in [-0.3, -0.25) is 4.79 Å². The number of likely N-dealkylation sites (N-methyl/N-ethyl adjacent to an activating group) is 2. The first-order valence-corrected chi connectivity index (χ1v) is 7.91. The van der Waals surface area contributed by atoms with Gasteiger partial charge in [0.1, 0.15) is 6.29 Å². The van der Waals surface area contributed by atoms with Crippen molar-refractivity contribution in [3.05, 3.63) is 0 Å². The van der Waals surface area contributed by atoms with Crippen molar-refractivity contribution in [3.8, 4) is 0 Å². The van der Waals surface area contributed by atoms with Crippen LogP contribution in [0.2, 0.25) is 0 Å². The highest BCUT2D eigenvalue weighted by Crippen LogP contribution is 2.01. The summed E-state index contributed by atoms with van der Waals surface area (Å²) in [5.74, 6) is 0.0718. The third kappa shape index (κ3) is 10.4. The molecule has 0 spiro atoms. The molecule has 4 N–H and O–H groups in total. The smallest absolute Gasteiger partial charge is 0.237 e. The Balaban J connectivity index is 3.71. The van der Waals surface area contributed by atoms with E-state index < -0.39 is 0 Å². The van der Waals surface area contributed by atoms with Crippen LogP contribution < -0.4 is 21.3 Å². The molecule has 21 heavy (non-hydrogen) atoms. The number of unbranched alkanes of at least 4 members (excludes halogenated alkanes) is 2. The van der Waals surface area contributed by atoms with E-state index >= 15 is 0 Å². The topological polar surface area (TPSA) is 82.3 Å². The van der Waals surface area contributed by atoms with Crippen molar-refractivity contribution >= 4 is 12.2 Å². The highest BCUT2D eigenvalue weighted by molar-refractivity contribution is 5.81. The Morgan fingerprint density at radius 3 is 2.19 bits per heavy atom. The van der Waals surface area contributed by atoms with Crippen molar-refractivity contribution in [2.45, 2.75) is 50.6 Å². The number of carbonyl (C=O) groups excluding carboxylic acids is 2. The lowest BCUT2D eigenvalue weighted by molar-refractivity contribution is -0.123. The molecule has 0 aliphatic rings. The van der Waals surface area contributed by atoms with Crippen LogP contribution in [0.4, 0.5) is 0 Å². The van der Waals surface area contributed by atoms with Crippen LogP contribution in [0.3, 0.4) is 0 Å². The molecule has 6 nitrogen and oxygen atoms in total. The lowest BCUT2D eigenvalue weighted by Crippen LogP contribution is -2.43. The van der Waals surface area contributed by atoms with Crippen LogP contribution >= 0.6 is 0 Å². The second-order valence-electron chi connectivity index (χ2n) is 5.26. The second kappa shape index (κ2) is 14.0. The van der Waals surface area contributed by atoms with E-state index in [1.54, 1.807) is 7.05 Å². The molecular weight excluding hydrogens is 268 g/mol. The highest BCUT2D eigenvalue weighted by Gasteiger charge is 2.14. The maximum atomic E-state index is 12.0. The van der Waals surface area contributed by atoms with Gasteiger partial charge in [0.2, 0.25) is 5.91 Å². The molecule has 6 heteroatoms. The summed E-state index contributed by atoms with van der Waals surface area (Å²) >= 11 is 0. The lowest BCUT2D eigenvalue weighted by atomic mass is 10.1. The Labute approximate surface area is 128 Å². The van der Waals surface area contributed by atoms with Gasteiger partial charge in [-0.25, -0.2) is 0 Å². The van der Waals surface area contributed by atoms with Crippen molar-refractivity contribution in [3.63, 3.8) is 0 Å². The van der Waals surface area contributed by atoms with Gasteiger partial charge < -0.3 is 26.1 Å². The predicted octanol–water partition coefficient (Wildman–Crippen LogP) is 0.0375. The van der Waals surface area contributed by atoms with Gasteiger partial charge >= 0.3 is 0 Å². The van der Waals surface area contributed by atoms with Gasteiger partial charge in [-0.2, -0.15) is 0 Å². The number of amides is 1. The van der Waals surface area contributed by atoms with Gasteiger partial charge in [0, 0.05) is 6.54 Å². The van der Waals surface area contributed by atoms with Gasteiger partial charge in [0.15, 0.2) is 0 Å². The van der Waals surface area contributed by atoms with E-state index in [1.807, 2.05) is 14.1 Å². The fourth-order valence-electron chi connectivity index (χ4n) is 2.16. The molecule has 0 saturated carbocycles. The first-order chi connectivity index (χ1) is 10.2. The number of nitrogens with one attached hydrogen (secondary N) is 4. The van der Waals surface area contributed by atoms with Crippen molar-refractivity contribution in [2.75, 3.05) is 34.2 Å². The Bertz CT molecular complexity index is 274. The zero-order chi connectivity index (χ0) is 15.9. The van der Waals surface area contributed by atoms with Crippen molar-refractivity contribution < 1.29 is 9.59 Å². The molecule has 0 bridgehead atoms. The Hall–Kier alpha value is -0.980. The summed E-state index contributed by atoms with van der Waals surface area (Å²) in [6.45, 7) is 1.66. The average Bonchev–Trinajstić information content (AvgIpc) is 2.51. The van der Waals surface area contributed by atoms with Gasteiger partial charge in [-0.05, 0) is 59.8 Å². The van der Waals surface area contributed by atoms with Gasteiger partial charge in [-0.1, -0.05) is 6.42 Å². The minimum absolute atomic E-state index is 0.0714. The molecule has 0 aromatic carbocycles. The summed E-state index contributed by atoms with van der Waals surface area (Å²) in [6, 6.07) is -0.181. The van der Waals surface area contributed by atoms with E-state index in [9.17, 15) is 9.59 Å². The van der Waals surface area contributed by atoms with Gasteiger partial charge in [0.05, 0.1) is 12.1 Å². The third-order valence-corrected chi connectivity index (χ3v) is 3.61. The quantitative estimate of drug-likeness (QED) is 0.269. The van der Waals surface area contributed by atoms with Crippen LogP contribution in [0.5, 0.6) is 0 Å². The molecule has 0 saturated heterocycles. The number of hydrogen-bond donors (Lipinski definition) is 4. The number of aldehydes is 1. The normalized spacial score (nSPS) is 13.7. The van der Waals surface area contributed by atoms with Crippen LogP contribution in [0.1, 0.15) is 38.5 Å². The molecule has 2 atom stereocenters. The molecule has 0 heterocycles. The molecule has 1 amide bonds. The first-order valence-electron chi connectivity index (χ1n) is 7.91. The Morgan fingerprint density at radius 2 is 1.62 bits per heavy atom. The minimum atomic E-state index is -0.109. The van der Waals surface area contributed by atoms with Crippen molar-refractivity contribution in [2.24, 2.45) is 0 Å². The Morgan fingerprint density at radius 1 is 0.952 bits per heavy atom. The fraction of sp³-hybridized carbons (Fsp3) is 0.867. The standard InChI is InChI=1S/C15H32N4O2/c1-16-10-6-5-9-14(18-3)15(21)19-11-7-4-8-13(12-20)17-2/h12-14,16-18H,4-11H2,1-3H3,(H,19,21). The monoisotopic (exact) mass is 300 g/mol. The zero-order valence-electron chi connectivity index (χ0n) is 13.7. The maximum absolute atomic E-state index is 12.0. The van der Waals surface area contributed by atoms with E-state index in [0.29, 0.717) is 6.54 Å². The SMILES string of the molecule is CNCCCCC(NC)C(=O)NCCCCC(C=O)NC. The molecule has 0 aliphatic carbocycles. The molecule has 0 fully saturated rings. The van der Waals surface area contributed by atoms with Gasteiger partial charge in [-0.15, -0.1) is 0 Å². The van der Waals surface area contributed by atoms with Crippen LogP contribution in [-0.4, -0.2) is 58.5 Å². The summed E-state index contributed by atoms with van der Waals surface area (Å²) < 4.78 is 0. The lowest BCUT2D eigenvalue weighted by Gasteiger charge is -2.16. The molecule has 0 aliphatic heterocycles. The average molecular weight is 300 g/mol. The molecular formula is C15H32N4O2. The first kappa shape index (κ1) is 20.0. The minimum Gasteiger partial charge on any atom is -0.355 e. The van der Waals surface area contributed by atoms with Crippen molar-refractivity contribution in [1.29, 1.82) is 0 Å². The summed E-state index contributed by atoms with van der Waals surface area (Å²) in [6.07, 6.45) is 6.54. The number of rotatable bonds is 14. The molecule has 0 radical (unpaired) electrons. The molecule has 2 unspecified atom stereocenters. The predicted molar refractivity (Wildman–Crippen MR) is 86.4 cm³/mol. The third-order valence-electron chi connectivity index (χ3n) is 3.61. The summed E-state index contributed by atoms with van der Waals surface area (Å²) in [5.41, 5.74) is 0. The zero-order valence-corrected chi connectivity index (χ0v) is 13.7. The summed E-state index contributed by atoms with van der Waals surface area (Å²) in [7, 11) is 5.54. The van der Waals surface area contributed by atoms with Crippen molar-refractivity contribution in [1.82, 2.24) is 21.3 Å². The fourth-order valence-corrected chi connectivity index (χ4v) is 2.16. The maximum Gasteiger partial charge on any atom is 0.237 e. The second-order valence-corrected chi connectivity index (χ2v) is 5.26. The van der Waals surface area contributed by atoms with E-state index in [2.05, 4.69) is 21.3 Å². The van der Waals surface area contributed by atoms with Crippen LogP contribution in [0.15, 0.2) is 0 Å². The molecule has 124 valence electrons. The van der Waals surface area contributed by atoms with E-state index in [0.717, 1.165) is 51.4 Å². The van der Waals surface area contributed by atoms with Crippen LogP contribution in [0, 0.1) is 0 Å². The molecule has 0 aromatic rings. The Kier molecular flexibility index (Phi) is 13.3. The largest absolute Gasteiger partial charge is 0.355 e. The molecule has 0 rings (SSSR count). The van der Waals surface area contributed by atoms with Gasteiger partial charge in [0.25, 0.3) is 0 Å². The van der Waals surface area contributed by atoms with E-state index in [1.165, 1.54) is 0 Å². The van der Waals surface area contributed by atoms with E-state index in [-0.39, 0.29) is 18.0 Å². The van der Waals surface area contributed by atoms with E-state index in [4.69, 9.17) is 0 Å². The summed E-state index contributed by atoms with van der Waals surface area (Å²) in [5, 5.41) is 12.1. The highest BCUT2D eigenvalue weighted by atomic mass is 16.2. The number of hydrogen-bond acceptors (Lipinski definition) is 5.